The molecule has 1 amide bonds. The summed E-state index contributed by atoms with van der Waals surface area (Å²) in [6, 6.07) is 14.4. The zero-order valence-corrected chi connectivity index (χ0v) is 17.4. The summed E-state index contributed by atoms with van der Waals surface area (Å²) in [6.45, 7) is 1.93. The second-order valence-electron chi connectivity index (χ2n) is 6.45. The number of carbonyl (C=O) groups excluding carboxylic acids is 1. The fraction of sp³-hybridized carbons (Fsp3) is 0.0455. The zero-order chi connectivity index (χ0) is 21.1. The Labute approximate surface area is 182 Å². The second kappa shape index (κ2) is 8.52. The average molecular weight is 438 g/mol. The Morgan fingerprint density at radius 3 is 2.87 bits per heavy atom. The van der Waals surface area contributed by atoms with Crippen LogP contribution in [-0.2, 0) is 4.79 Å². The quantitative estimate of drug-likeness (QED) is 0.320. The maximum absolute atomic E-state index is 12.0. The molecule has 0 saturated carbocycles. The first-order chi connectivity index (χ1) is 14.5. The van der Waals surface area contributed by atoms with E-state index in [1.54, 1.807) is 36.4 Å². The summed E-state index contributed by atoms with van der Waals surface area (Å²) in [5.41, 5.74) is 3.77. The first-order valence-electron chi connectivity index (χ1n) is 8.98. The smallest absolute Gasteiger partial charge is 0.250 e. The highest BCUT2D eigenvalue weighted by molar-refractivity contribution is 7.80. The number of amides is 1. The van der Waals surface area contributed by atoms with Crippen LogP contribution in [0.4, 0.5) is 5.69 Å². The normalized spacial score (nSPS) is 11.1. The number of oxazole rings is 1. The topological polar surface area (TPSA) is 80.3 Å². The van der Waals surface area contributed by atoms with Crippen molar-refractivity contribution in [3.8, 4) is 11.5 Å². The van der Waals surface area contributed by atoms with Crippen LogP contribution in [0.15, 0.2) is 69.7 Å². The second-order valence-corrected chi connectivity index (χ2v) is 7.30. The highest BCUT2D eigenvalue weighted by Crippen LogP contribution is 2.29. The van der Waals surface area contributed by atoms with Gasteiger partial charge >= 0.3 is 0 Å². The van der Waals surface area contributed by atoms with E-state index in [1.807, 2.05) is 25.1 Å². The molecule has 8 heteroatoms. The molecule has 30 heavy (non-hydrogen) atoms. The van der Waals surface area contributed by atoms with Crippen molar-refractivity contribution in [1.29, 1.82) is 0 Å². The largest absolute Gasteiger partial charge is 0.465 e. The van der Waals surface area contributed by atoms with E-state index < -0.39 is 0 Å². The van der Waals surface area contributed by atoms with Gasteiger partial charge in [0.2, 0.25) is 11.8 Å². The number of hydrogen-bond acceptors (Lipinski definition) is 5. The molecule has 0 atom stereocenters. The molecule has 0 aliphatic rings. The first-order valence-corrected chi connectivity index (χ1v) is 9.77. The number of benzene rings is 2. The maximum atomic E-state index is 12.0. The number of fused-ring (bicyclic) bond motifs is 1. The Hall–Kier alpha value is -3.42. The predicted octanol–water partition coefficient (Wildman–Crippen LogP) is 5.58. The standard InChI is InChI=1S/C22H16ClN3O3S/c1-13-4-5-14(21-24-18-12-15(23)6-8-19(18)29-21)11-17(13)25-22(30)26-20(27)9-7-16-3-2-10-28-16/h2-12H,1H3,(H2,25,26,27,30). The number of thiocarbonyl (C=S) groups is 1. The van der Waals surface area contributed by atoms with Gasteiger partial charge in [-0.15, -0.1) is 0 Å². The van der Waals surface area contributed by atoms with Crippen molar-refractivity contribution >= 4 is 57.7 Å². The van der Waals surface area contributed by atoms with Crippen molar-refractivity contribution in [1.82, 2.24) is 10.3 Å². The van der Waals surface area contributed by atoms with Gasteiger partial charge in [0.25, 0.3) is 0 Å². The number of anilines is 1. The molecule has 6 nitrogen and oxygen atoms in total. The zero-order valence-electron chi connectivity index (χ0n) is 15.8. The van der Waals surface area contributed by atoms with Crippen molar-refractivity contribution in [3.63, 3.8) is 0 Å². The molecule has 2 heterocycles. The SMILES string of the molecule is Cc1ccc(-c2nc3cc(Cl)ccc3o2)cc1NC(=S)NC(=O)C=Cc1ccco1. The fourth-order valence-electron chi connectivity index (χ4n) is 2.76. The highest BCUT2D eigenvalue weighted by Gasteiger charge is 2.11. The van der Waals surface area contributed by atoms with Crippen molar-refractivity contribution in [3.05, 3.63) is 77.2 Å². The summed E-state index contributed by atoms with van der Waals surface area (Å²) in [5.74, 6) is 0.674. The number of nitrogens with one attached hydrogen (secondary N) is 2. The number of aryl methyl sites for hydroxylation is 1. The number of halogens is 1. The molecule has 0 saturated heterocycles. The van der Waals surface area contributed by atoms with Gasteiger partial charge in [0, 0.05) is 22.3 Å². The molecule has 0 fully saturated rings. The van der Waals surface area contributed by atoms with Crippen molar-refractivity contribution < 1.29 is 13.6 Å². The first kappa shape index (κ1) is 19.9. The molecular formula is C22H16ClN3O3S. The van der Waals surface area contributed by atoms with Crippen LogP contribution in [0, 0.1) is 6.92 Å². The molecule has 2 aromatic carbocycles. The van der Waals surface area contributed by atoms with E-state index in [4.69, 9.17) is 32.7 Å². The van der Waals surface area contributed by atoms with Crippen LogP contribution in [0.5, 0.6) is 0 Å². The van der Waals surface area contributed by atoms with E-state index in [-0.39, 0.29) is 11.0 Å². The van der Waals surface area contributed by atoms with Gasteiger partial charge in [0.15, 0.2) is 10.7 Å². The van der Waals surface area contributed by atoms with E-state index in [0.717, 1.165) is 16.8 Å². The number of nitrogens with zero attached hydrogens (tertiary/aromatic N) is 1. The van der Waals surface area contributed by atoms with Gasteiger partial charge in [-0.25, -0.2) is 4.98 Å². The molecule has 0 bridgehead atoms. The fourth-order valence-corrected chi connectivity index (χ4v) is 3.14. The third-order valence-electron chi connectivity index (χ3n) is 4.26. The van der Waals surface area contributed by atoms with Gasteiger partial charge in [-0.2, -0.15) is 0 Å². The number of carbonyl (C=O) groups is 1. The van der Waals surface area contributed by atoms with E-state index in [0.29, 0.717) is 27.8 Å². The average Bonchev–Trinajstić information content (AvgIpc) is 3.37. The molecule has 150 valence electrons. The summed E-state index contributed by atoms with van der Waals surface area (Å²) in [5, 5.41) is 6.41. The molecule has 2 aromatic heterocycles. The lowest BCUT2D eigenvalue weighted by Gasteiger charge is -2.11. The minimum atomic E-state index is -0.367. The summed E-state index contributed by atoms with van der Waals surface area (Å²) in [4.78, 5) is 16.5. The third-order valence-corrected chi connectivity index (χ3v) is 4.70. The van der Waals surface area contributed by atoms with Crippen LogP contribution in [0.1, 0.15) is 11.3 Å². The van der Waals surface area contributed by atoms with Crippen LogP contribution in [0.2, 0.25) is 5.02 Å². The number of furan rings is 1. The van der Waals surface area contributed by atoms with Crippen molar-refractivity contribution in [2.24, 2.45) is 0 Å². The van der Waals surface area contributed by atoms with Crippen LogP contribution in [0.3, 0.4) is 0 Å². The molecule has 2 N–H and O–H groups in total. The Balaban J connectivity index is 1.48. The van der Waals surface area contributed by atoms with Crippen molar-refractivity contribution in [2.45, 2.75) is 6.92 Å². The Morgan fingerprint density at radius 1 is 1.20 bits per heavy atom. The van der Waals surface area contributed by atoms with Gasteiger partial charge in [0.1, 0.15) is 11.3 Å². The number of aromatic nitrogens is 1. The Bertz CT molecular complexity index is 1260. The predicted molar refractivity (Wildman–Crippen MR) is 121 cm³/mol. The monoisotopic (exact) mass is 437 g/mol. The van der Waals surface area contributed by atoms with Crippen LogP contribution in [-0.4, -0.2) is 16.0 Å². The van der Waals surface area contributed by atoms with E-state index in [1.165, 1.54) is 12.3 Å². The van der Waals surface area contributed by atoms with E-state index in [9.17, 15) is 4.79 Å². The lowest BCUT2D eigenvalue weighted by atomic mass is 10.1. The van der Waals surface area contributed by atoms with Crippen LogP contribution in [0.25, 0.3) is 28.6 Å². The Morgan fingerprint density at radius 2 is 2.07 bits per heavy atom. The number of rotatable bonds is 4. The summed E-state index contributed by atoms with van der Waals surface area (Å²) in [7, 11) is 0. The lowest BCUT2D eigenvalue weighted by Crippen LogP contribution is -2.33. The minimum absolute atomic E-state index is 0.175. The lowest BCUT2D eigenvalue weighted by molar-refractivity contribution is -0.115. The van der Waals surface area contributed by atoms with Gasteiger partial charge in [-0.05, 0) is 73.2 Å². The Kier molecular flexibility index (Phi) is 5.65. The van der Waals surface area contributed by atoms with Gasteiger partial charge < -0.3 is 14.2 Å². The molecule has 0 aliphatic heterocycles. The number of hydrogen-bond donors (Lipinski definition) is 2. The van der Waals surface area contributed by atoms with E-state index in [2.05, 4.69) is 15.6 Å². The molecule has 0 radical (unpaired) electrons. The summed E-state index contributed by atoms with van der Waals surface area (Å²) >= 11 is 11.3. The summed E-state index contributed by atoms with van der Waals surface area (Å²) < 4.78 is 11.0. The molecule has 4 rings (SSSR count). The maximum Gasteiger partial charge on any atom is 0.250 e. The van der Waals surface area contributed by atoms with Gasteiger partial charge in [0.05, 0.1) is 6.26 Å². The van der Waals surface area contributed by atoms with Crippen molar-refractivity contribution in [2.75, 3.05) is 5.32 Å². The van der Waals surface area contributed by atoms with Crippen LogP contribution < -0.4 is 10.6 Å². The highest BCUT2D eigenvalue weighted by atomic mass is 35.5. The minimum Gasteiger partial charge on any atom is -0.465 e. The molecule has 4 aromatic rings. The summed E-state index contributed by atoms with van der Waals surface area (Å²) in [6.07, 6.45) is 4.44. The van der Waals surface area contributed by atoms with Crippen LogP contribution >= 0.6 is 23.8 Å². The van der Waals surface area contributed by atoms with Gasteiger partial charge in [-0.3, -0.25) is 10.1 Å². The molecule has 0 spiro atoms. The van der Waals surface area contributed by atoms with Gasteiger partial charge in [-0.1, -0.05) is 17.7 Å². The molecule has 0 unspecified atom stereocenters. The molecular weight excluding hydrogens is 422 g/mol. The molecule has 0 aliphatic carbocycles. The van der Waals surface area contributed by atoms with E-state index >= 15 is 0 Å². The third kappa shape index (κ3) is 4.59.